The van der Waals surface area contributed by atoms with Crippen molar-refractivity contribution < 1.29 is 28.2 Å². The maximum atomic E-state index is 11.8. The number of hydrogen-bond donors (Lipinski definition) is 4. The molecule has 1 atom stereocenters. The maximum Gasteiger partial charge on any atom is 0.249 e. The number of carbonyl (C=O) groups is 1. The lowest BCUT2D eigenvalue weighted by Crippen LogP contribution is -2.47. The summed E-state index contributed by atoms with van der Waals surface area (Å²) in [6.07, 6.45) is -0.124. The highest BCUT2D eigenvalue weighted by atomic mass is 32.2. The third-order valence-corrected chi connectivity index (χ3v) is 4.93. The molecule has 0 bridgehead atoms. The molecule has 0 saturated carbocycles. The van der Waals surface area contributed by atoms with Crippen molar-refractivity contribution in [1.82, 2.24) is 10.6 Å². The molecule has 0 aliphatic carbocycles. The Kier molecular flexibility index (Phi) is 8.48. The lowest BCUT2D eigenvalue weighted by Gasteiger charge is -2.27. The number of aliphatic hydroxyl groups is 2. The first-order valence-corrected chi connectivity index (χ1v) is 10.2. The van der Waals surface area contributed by atoms with Gasteiger partial charge in [-0.25, -0.2) is 8.42 Å². The third kappa shape index (κ3) is 7.28. The monoisotopic (exact) mass is 388 g/mol. The number of amides is 1. The number of rotatable bonds is 11. The molecule has 0 fully saturated rings. The topological polar surface area (TPSA) is 125 Å². The Morgan fingerprint density at radius 1 is 1.19 bits per heavy atom. The predicted octanol–water partition coefficient (Wildman–Crippen LogP) is -0.446. The van der Waals surface area contributed by atoms with Crippen LogP contribution < -0.4 is 15.4 Å². The number of nitrogens with one attached hydrogen (secondary N) is 2. The molecule has 9 heteroatoms. The minimum absolute atomic E-state index is 0.241. The fraction of sp³-hybridized carbons (Fsp3) is 0.588. The van der Waals surface area contributed by atoms with E-state index < -0.39 is 27.3 Å². The summed E-state index contributed by atoms with van der Waals surface area (Å²) in [5.74, 6) is 0.0509. The zero-order chi connectivity index (χ0) is 19.8. The highest BCUT2D eigenvalue weighted by molar-refractivity contribution is 7.90. The van der Waals surface area contributed by atoms with Crippen LogP contribution in [0.3, 0.4) is 0 Å². The SMILES string of the molecule is CC(C)(CO)[C@@H](O)C(=O)NCCNCCOc1ccc(S(C)(=O)=O)cc1. The minimum atomic E-state index is -3.21. The van der Waals surface area contributed by atoms with Gasteiger partial charge in [0.2, 0.25) is 5.91 Å². The first kappa shape index (κ1) is 22.4. The molecule has 0 saturated heterocycles. The van der Waals surface area contributed by atoms with Gasteiger partial charge in [-0.1, -0.05) is 13.8 Å². The molecule has 4 N–H and O–H groups in total. The molecular formula is C17H28N2O6S. The number of ether oxygens (including phenoxy) is 1. The van der Waals surface area contributed by atoms with Gasteiger partial charge in [0, 0.05) is 31.3 Å². The second-order valence-corrected chi connectivity index (χ2v) is 8.70. The van der Waals surface area contributed by atoms with E-state index in [1.165, 1.54) is 12.1 Å². The molecule has 1 aromatic rings. The van der Waals surface area contributed by atoms with Crippen LogP contribution in [0.15, 0.2) is 29.2 Å². The van der Waals surface area contributed by atoms with E-state index in [4.69, 9.17) is 9.84 Å². The van der Waals surface area contributed by atoms with Crippen molar-refractivity contribution in [3.8, 4) is 5.75 Å². The van der Waals surface area contributed by atoms with E-state index in [1.54, 1.807) is 26.0 Å². The first-order valence-electron chi connectivity index (χ1n) is 8.28. The summed E-state index contributed by atoms with van der Waals surface area (Å²) in [4.78, 5) is 12.0. The summed E-state index contributed by atoms with van der Waals surface area (Å²) < 4.78 is 28.2. The second-order valence-electron chi connectivity index (χ2n) is 6.68. The van der Waals surface area contributed by atoms with Gasteiger partial charge in [-0.3, -0.25) is 4.79 Å². The highest BCUT2D eigenvalue weighted by Crippen LogP contribution is 2.19. The van der Waals surface area contributed by atoms with E-state index in [0.29, 0.717) is 32.0 Å². The molecule has 0 aromatic heterocycles. The van der Waals surface area contributed by atoms with Gasteiger partial charge in [-0.2, -0.15) is 0 Å². The van der Waals surface area contributed by atoms with Gasteiger partial charge < -0.3 is 25.6 Å². The van der Waals surface area contributed by atoms with Crippen molar-refractivity contribution in [2.75, 3.05) is 39.1 Å². The predicted molar refractivity (Wildman–Crippen MR) is 97.8 cm³/mol. The number of benzene rings is 1. The summed E-state index contributed by atoms with van der Waals surface area (Å²) in [6, 6.07) is 6.18. The van der Waals surface area contributed by atoms with Gasteiger partial charge >= 0.3 is 0 Å². The minimum Gasteiger partial charge on any atom is -0.492 e. The maximum absolute atomic E-state index is 11.8. The van der Waals surface area contributed by atoms with Crippen LogP contribution in [0, 0.1) is 5.41 Å². The molecule has 0 aliphatic heterocycles. The van der Waals surface area contributed by atoms with Crippen molar-refractivity contribution in [3.05, 3.63) is 24.3 Å². The van der Waals surface area contributed by atoms with Gasteiger partial charge in [0.1, 0.15) is 18.5 Å². The van der Waals surface area contributed by atoms with Crippen LogP contribution in [0.25, 0.3) is 0 Å². The zero-order valence-corrected chi connectivity index (χ0v) is 16.2. The molecule has 148 valence electrons. The van der Waals surface area contributed by atoms with Crippen molar-refractivity contribution in [3.63, 3.8) is 0 Å². The van der Waals surface area contributed by atoms with Gasteiger partial charge in [0.15, 0.2) is 9.84 Å². The summed E-state index contributed by atoms with van der Waals surface area (Å²) in [5, 5.41) is 24.6. The highest BCUT2D eigenvalue weighted by Gasteiger charge is 2.32. The lowest BCUT2D eigenvalue weighted by atomic mass is 9.87. The Morgan fingerprint density at radius 3 is 2.35 bits per heavy atom. The Bertz CT molecular complexity index is 673. The fourth-order valence-corrected chi connectivity index (χ4v) is 2.59. The molecule has 1 rings (SSSR count). The van der Waals surface area contributed by atoms with Crippen LogP contribution in [0.2, 0.25) is 0 Å². The smallest absolute Gasteiger partial charge is 0.249 e. The number of carbonyl (C=O) groups excluding carboxylic acids is 1. The molecule has 1 aromatic carbocycles. The van der Waals surface area contributed by atoms with E-state index in [0.717, 1.165) is 6.26 Å². The average molecular weight is 388 g/mol. The van der Waals surface area contributed by atoms with E-state index in [1.807, 2.05) is 0 Å². The molecule has 0 heterocycles. The number of hydrogen-bond acceptors (Lipinski definition) is 7. The third-order valence-electron chi connectivity index (χ3n) is 3.80. The van der Waals surface area contributed by atoms with Gasteiger partial charge in [-0.05, 0) is 24.3 Å². The largest absolute Gasteiger partial charge is 0.492 e. The van der Waals surface area contributed by atoms with Crippen LogP contribution in [-0.4, -0.2) is 69.7 Å². The van der Waals surface area contributed by atoms with Crippen LogP contribution in [0.1, 0.15) is 13.8 Å². The Morgan fingerprint density at radius 2 is 1.81 bits per heavy atom. The molecule has 26 heavy (non-hydrogen) atoms. The van der Waals surface area contributed by atoms with Gasteiger partial charge in [-0.15, -0.1) is 0 Å². The van der Waals surface area contributed by atoms with E-state index in [9.17, 15) is 18.3 Å². The molecule has 0 spiro atoms. The Balaban J connectivity index is 2.19. The van der Waals surface area contributed by atoms with Crippen molar-refractivity contribution in [2.45, 2.75) is 24.8 Å². The van der Waals surface area contributed by atoms with E-state index in [-0.39, 0.29) is 11.5 Å². The standard InChI is InChI=1S/C17H28N2O6S/c1-17(2,12-20)15(21)16(22)19-9-8-18-10-11-25-13-4-6-14(7-5-13)26(3,23)24/h4-7,15,18,20-21H,8-12H2,1-3H3,(H,19,22)/t15-/m0/s1. The van der Waals surface area contributed by atoms with Crippen molar-refractivity contribution in [1.29, 1.82) is 0 Å². The van der Waals surface area contributed by atoms with E-state index >= 15 is 0 Å². The van der Waals surface area contributed by atoms with Crippen molar-refractivity contribution in [2.24, 2.45) is 5.41 Å². The van der Waals surface area contributed by atoms with E-state index in [2.05, 4.69) is 10.6 Å². The fourth-order valence-electron chi connectivity index (χ4n) is 1.96. The summed E-state index contributed by atoms with van der Waals surface area (Å²) in [6.45, 7) is 4.67. The molecule has 8 nitrogen and oxygen atoms in total. The quantitative estimate of drug-likeness (QED) is 0.379. The molecule has 1 amide bonds. The van der Waals surface area contributed by atoms with Crippen LogP contribution in [0.4, 0.5) is 0 Å². The summed E-state index contributed by atoms with van der Waals surface area (Å²) in [7, 11) is -3.21. The zero-order valence-electron chi connectivity index (χ0n) is 15.4. The van der Waals surface area contributed by atoms with Crippen molar-refractivity contribution >= 4 is 15.7 Å². The lowest BCUT2D eigenvalue weighted by molar-refractivity contribution is -0.137. The normalized spacial score (nSPS) is 13.3. The first-order chi connectivity index (χ1) is 12.1. The molecule has 0 aliphatic rings. The number of sulfone groups is 1. The molecular weight excluding hydrogens is 360 g/mol. The van der Waals surface area contributed by atoms with Crippen LogP contribution >= 0.6 is 0 Å². The molecule has 0 unspecified atom stereocenters. The Hall–Kier alpha value is -1.68. The summed E-state index contributed by atoms with van der Waals surface area (Å²) >= 11 is 0. The van der Waals surface area contributed by atoms with Gasteiger partial charge in [0.05, 0.1) is 11.5 Å². The number of aliphatic hydroxyl groups excluding tert-OH is 2. The molecule has 0 radical (unpaired) electrons. The summed E-state index contributed by atoms with van der Waals surface area (Å²) in [5.41, 5.74) is -0.891. The second kappa shape index (κ2) is 9.86. The average Bonchev–Trinajstić information content (AvgIpc) is 2.59. The van der Waals surface area contributed by atoms with Crippen LogP contribution in [-0.2, 0) is 14.6 Å². The van der Waals surface area contributed by atoms with Gasteiger partial charge in [0.25, 0.3) is 0 Å². The van der Waals surface area contributed by atoms with Crippen LogP contribution in [0.5, 0.6) is 5.75 Å². The Labute approximate surface area is 154 Å².